The summed E-state index contributed by atoms with van der Waals surface area (Å²) in [5.74, 6) is 0. The van der Waals surface area contributed by atoms with Crippen LogP contribution in [0, 0.1) is 6.92 Å². The van der Waals surface area contributed by atoms with E-state index in [1.165, 1.54) is 16.5 Å². The summed E-state index contributed by atoms with van der Waals surface area (Å²) in [5, 5.41) is 1.33. The number of hydrogen-bond donors (Lipinski definition) is 1. The normalized spacial score (nSPS) is 13.4. The SMILES string of the molecule is Cc1cccc2c1ccn2C[C@@H](C)N. The summed E-state index contributed by atoms with van der Waals surface area (Å²) < 4.78 is 2.22. The van der Waals surface area contributed by atoms with Crippen LogP contribution in [0.5, 0.6) is 0 Å². The highest BCUT2D eigenvalue weighted by Crippen LogP contribution is 2.19. The largest absolute Gasteiger partial charge is 0.346 e. The van der Waals surface area contributed by atoms with E-state index in [2.05, 4.69) is 42.0 Å². The molecule has 2 aromatic rings. The van der Waals surface area contributed by atoms with Gasteiger partial charge in [0.25, 0.3) is 0 Å². The van der Waals surface area contributed by atoms with E-state index in [1.807, 2.05) is 6.92 Å². The molecule has 2 heteroatoms. The van der Waals surface area contributed by atoms with Gasteiger partial charge in [-0.2, -0.15) is 0 Å². The average Bonchev–Trinajstić information content (AvgIpc) is 2.49. The van der Waals surface area contributed by atoms with Crippen LogP contribution in [0.15, 0.2) is 30.5 Å². The van der Waals surface area contributed by atoms with Crippen LogP contribution in [-0.2, 0) is 6.54 Å². The van der Waals surface area contributed by atoms with E-state index in [-0.39, 0.29) is 6.04 Å². The number of aromatic nitrogens is 1. The summed E-state index contributed by atoms with van der Waals surface area (Å²) in [4.78, 5) is 0. The van der Waals surface area contributed by atoms with E-state index < -0.39 is 0 Å². The molecule has 2 nitrogen and oxygen atoms in total. The lowest BCUT2D eigenvalue weighted by molar-refractivity contribution is 0.605. The van der Waals surface area contributed by atoms with Crippen LogP contribution < -0.4 is 5.73 Å². The number of hydrogen-bond acceptors (Lipinski definition) is 1. The van der Waals surface area contributed by atoms with E-state index in [4.69, 9.17) is 5.73 Å². The van der Waals surface area contributed by atoms with Gasteiger partial charge in [-0.3, -0.25) is 0 Å². The van der Waals surface area contributed by atoms with Gasteiger partial charge in [0.15, 0.2) is 0 Å². The van der Waals surface area contributed by atoms with Gasteiger partial charge in [-0.05, 0) is 31.5 Å². The summed E-state index contributed by atoms with van der Waals surface area (Å²) in [5.41, 5.74) is 8.40. The Kier molecular flexibility index (Phi) is 2.30. The van der Waals surface area contributed by atoms with Crippen molar-refractivity contribution in [3.05, 3.63) is 36.0 Å². The first kappa shape index (κ1) is 9.28. The maximum Gasteiger partial charge on any atom is 0.0483 e. The molecule has 14 heavy (non-hydrogen) atoms. The Hall–Kier alpha value is -1.28. The number of aryl methyl sites for hydroxylation is 1. The summed E-state index contributed by atoms with van der Waals surface area (Å²) in [7, 11) is 0. The lowest BCUT2D eigenvalue weighted by Gasteiger charge is -2.08. The molecule has 0 aliphatic rings. The van der Waals surface area contributed by atoms with Crippen LogP contribution in [0.4, 0.5) is 0 Å². The second-order valence-corrected chi connectivity index (χ2v) is 3.95. The molecule has 0 aliphatic heterocycles. The zero-order valence-corrected chi connectivity index (χ0v) is 8.70. The van der Waals surface area contributed by atoms with Gasteiger partial charge in [0.1, 0.15) is 0 Å². The van der Waals surface area contributed by atoms with Crippen molar-refractivity contribution < 1.29 is 0 Å². The molecule has 74 valence electrons. The van der Waals surface area contributed by atoms with E-state index in [0.29, 0.717) is 0 Å². The first-order valence-electron chi connectivity index (χ1n) is 4.98. The van der Waals surface area contributed by atoms with Crippen molar-refractivity contribution in [1.29, 1.82) is 0 Å². The standard InChI is InChI=1S/C12H16N2/c1-9-4-3-5-12-11(9)6-7-14(12)8-10(2)13/h3-7,10H,8,13H2,1-2H3/t10-/m1/s1. The molecule has 0 fully saturated rings. The van der Waals surface area contributed by atoms with E-state index in [9.17, 15) is 0 Å². The highest BCUT2D eigenvalue weighted by Gasteiger charge is 2.03. The number of rotatable bonds is 2. The van der Waals surface area contributed by atoms with Crippen molar-refractivity contribution in [2.45, 2.75) is 26.4 Å². The third-order valence-electron chi connectivity index (χ3n) is 2.52. The predicted octanol–water partition coefficient (Wildman–Crippen LogP) is 2.30. The molecule has 0 spiro atoms. The van der Waals surface area contributed by atoms with Crippen molar-refractivity contribution in [2.24, 2.45) is 5.73 Å². The Morgan fingerprint density at radius 1 is 1.36 bits per heavy atom. The number of nitrogens with two attached hydrogens (primary N) is 1. The Morgan fingerprint density at radius 3 is 2.86 bits per heavy atom. The van der Waals surface area contributed by atoms with Gasteiger partial charge >= 0.3 is 0 Å². The Morgan fingerprint density at radius 2 is 2.14 bits per heavy atom. The molecule has 0 amide bonds. The van der Waals surface area contributed by atoms with Crippen LogP contribution in [0.2, 0.25) is 0 Å². The smallest absolute Gasteiger partial charge is 0.0483 e. The minimum Gasteiger partial charge on any atom is -0.346 e. The van der Waals surface area contributed by atoms with E-state index >= 15 is 0 Å². The molecule has 0 radical (unpaired) electrons. The van der Waals surface area contributed by atoms with Crippen LogP contribution in [0.25, 0.3) is 10.9 Å². The van der Waals surface area contributed by atoms with E-state index in [0.717, 1.165) is 6.54 Å². The van der Waals surface area contributed by atoms with Gasteiger partial charge in [0.2, 0.25) is 0 Å². The van der Waals surface area contributed by atoms with E-state index in [1.54, 1.807) is 0 Å². The third kappa shape index (κ3) is 1.53. The maximum absolute atomic E-state index is 5.79. The lowest BCUT2D eigenvalue weighted by Crippen LogP contribution is -2.21. The average molecular weight is 188 g/mol. The highest BCUT2D eigenvalue weighted by molar-refractivity contribution is 5.83. The number of fused-ring (bicyclic) bond motifs is 1. The summed E-state index contributed by atoms with van der Waals surface area (Å²) >= 11 is 0. The van der Waals surface area contributed by atoms with Gasteiger partial charge in [0, 0.05) is 29.7 Å². The van der Waals surface area contributed by atoms with Crippen LogP contribution >= 0.6 is 0 Å². The van der Waals surface area contributed by atoms with Crippen molar-refractivity contribution in [1.82, 2.24) is 4.57 Å². The molecular weight excluding hydrogens is 172 g/mol. The monoisotopic (exact) mass is 188 g/mol. The summed E-state index contributed by atoms with van der Waals surface area (Å²) in [6, 6.07) is 8.73. The molecule has 1 atom stereocenters. The fraction of sp³-hybridized carbons (Fsp3) is 0.333. The minimum absolute atomic E-state index is 0.200. The molecule has 0 saturated heterocycles. The molecule has 2 rings (SSSR count). The number of benzene rings is 1. The zero-order valence-electron chi connectivity index (χ0n) is 8.70. The van der Waals surface area contributed by atoms with Gasteiger partial charge in [-0.15, -0.1) is 0 Å². The molecule has 1 aromatic heterocycles. The van der Waals surface area contributed by atoms with Crippen LogP contribution in [0.3, 0.4) is 0 Å². The fourth-order valence-corrected chi connectivity index (χ4v) is 1.85. The molecule has 1 aromatic carbocycles. The van der Waals surface area contributed by atoms with Crippen LogP contribution in [0.1, 0.15) is 12.5 Å². The van der Waals surface area contributed by atoms with Gasteiger partial charge < -0.3 is 10.3 Å². The maximum atomic E-state index is 5.79. The Balaban J connectivity index is 2.52. The Bertz CT molecular complexity index is 441. The van der Waals surface area contributed by atoms with Crippen molar-refractivity contribution in [2.75, 3.05) is 0 Å². The number of nitrogens with zero attached hydrogens (tertiary/aromatic N) is 1. The fourth-order valence-electron chi connectivity index (χ4n) is 1.85. The van der Waals surface area contributed by atoms with Crippen LogP contribution in [-0.4, -0.2) is 10.6 Å². The topological polar surface area (TPSA) is 30.9 Å². The molecule has 0 unspecified atom stereocenters. The minimum atomic E-state index is 0.200. The molecule has 2 N–H and O–H groups in total. The van der Waals surface area contributed by atoms with Crippen molar-refractivity contribution in [3.63, 3.8) is 0 Å². The highest BCUT2D eigenvalue weighted by atomic mass is 15.0. The summed E-state index contributed by atoms with van der Waals surface area (Å²) in [6.07, 6.45) is 2.11. The quantitative estimate of drug-likeness (QED) is 0.770. The van der Waals surface area contributed by atoms with Gasteiger partial charge in [-0.25, -0.2) is 0 Å². The predicted molar refractivity (Wildman–Crippen MR) is 60.3 cm³/mol. The summed E-state index contributed by atoms with van der Waals surface area (Å²) in [6.45, 7) is 5.05. The first-order chi connectivity index (χ1) is 6.68. The molecule has 0 aliphatic carbocycles. The zero-order chi connectivity index (χ0) is 10.1. The van der Waals surface area contributed by atoms with Gasteiger partial charge in [-0.1, -0.05) is 12.1 Å². The molecule has 0 bridgehead atoms. The van der Waals surface area contributed by atoms with Crippen molar-refractivity contribution in [3.8, 4) is 0 Å². The second kappa shape index (κ2) is 3.46. The van der Waals surface area contributed by atoms with Crippen molar-refractivity contribution >= 4 is 10.9 Å². The Labute approximate surface area is 84.3 Å². The molecule has 0 saturated carbocycles. The first-order valence-corrected chi connectivity index (χ1v) is 4.98. The molecule has 1 heterocycles. The second-order valence-electron chi connectivity index (χ2n) is 3.95. The third-order valence-corrected chi connectivity index (χ3v) is 2.52. The van der Waals surface area contributed by atoms with Gasteiger partial charge in [0.05, 0.1) is 0 Å². The molecular formula is C12H16N2. The lowest BCUT2D eigenvalue weighted by atomic mass is 10.1.